The van der Waals surface area contributed by atoms with E-state index in [1.54, 1.807) is 0 Å². The standard InChI is InChI=1S/C23H31N3/c1-8-15(3)20-17(5)13-18(14-24-20)21-19-12-10-11-16(4)22(19)26(9-2)23(6,7)25-21/h10-15H,8-9H2,1-7H3. The van der Waals surface area contributed by atoms with Gasteiger partial charge < -0.3 is 4.90 Å². The number of aliphatic imine (C=N–C) groups is 1. The summed E-state index contributed by atoms with van der Waals surface area (Å²) in [5, 5.41) is 0. The molecule has 138 valence electrons. The largest absolute Gasteiger partial charge is 0.347 e. The average molecular weight is 350 g/mol. The Morgan fingerprint density at radius 3 is 2.46 bits per heavy atom. The van der Waals surface area contributed by atoms with Crippen LogP contribution < -0.4 is 4.90 Å². The van der Waals surface area contributed by atoms with E-state index in [0.717, 1.165) is 24.2 Å². The van der Waals surface area contributed by atoms with E-state index in [2.05, 4.69) is 77.6 Å². The molecule has 3 rings (SSSR count). The number of nitrogens with zero attached hydrogens (tertiary/aromatic N) is 3. The average Bonchev–Trinajstić information content (AvgIpc) is 2.60. The van der Waals surface area contributed by atoms with E-state index in [-0.39, 0.29) is 5.66 Å². The van der Waals surface area contributed by atoms with Crippen LogP contribution in [0, 0.1) is 13.8 Å². The molecule has 0 radical (unpaired) electrons. The third-order valence-electron chi connectivity index (χ3n) is 5.60. The molecule has 1 aliphatic heterocycles. The molecular weight excluding hydrogens is 318 g/mol. The predicted octanol–water partition coefficient (Wildman–Crippen LogP) is 5.63. The number of rotatable bonds is 4. The third-order valence-corrected chi connectivity index (χ3v) is 5.60. The van der Waals surface area contributed by atoms with Crippen molar-refractivity contribution in [2.45, 2.75) is 66.5 Å². The van der Waals surface area contributed by atoms with Crippen LogP contribution in [-0.2, 0) is 0 Å². The molecule has 0 fully saturated rings. The minimum atomic E-state index is -0.271. The van der Waals surface area contributed by atoms with E-state index in [1.807, 2.05) is 6.20 Å². The second kappa shape index (κ2) is 6.86. The normalized spacial score (nSPS) is 16.9. The van der Waals surface area contributed by atoms with E-state index < -0.39 is 0 Å². The lowest BCUT2D eigenvalue weighted by atomic mass is 9.92. The van der Waals surface area contributed by atoms with Gasteiger partial charge in [0.2, 0.25) is 0 Å². The van der Waals surface area contributed by atoms with Gasteiger partial charge in [0.05, 0.1) is 11.4 Å². The molecule has 3 heteroatoms. The molecule has 0 amide bonds. The van der Waals surface area contributed by atoms with Gasteiger partial charge in [0, 0.05) is 29.6 Å². The molecule has 26 heavy (non-hydrogen) atoms. The first kappa shape index (κ1) is 18.6. The van der Waals surface area contributed by atoms with Crippen LogP contribution >= 0.6 is 0 Å². The Balaban J connectivity index is 2.18. The van der Waals surface area contributed by atoms with Crippen LogP contribution in [0.2, 0.25) is 0 Å². The highest BCUT2D eigenvalue weighted by Gasteiger charge is 2.34. The molecule has 0 saturated heterocycles. The second-order valence-corrected chi connectivity index (χ2v) is 7.91. The van der Waals surface area contributed by atoms with Crippen LogP contribution in [0.25, 0.3) is 0 Å². The summed E-state index contributed by atoms with van der Waals surface area (Å²) in [7, 11) is 0. The molecule has 1 aromatic heterocycles. The fourth-order valence-electron chi connectivity index (χ4n) is 4.07. The van der Waals surface area contributed by atoms with Gasteiger partial charge in [-0.05, 0) is 64.2 Å². The van der Waals surface area contributed by atoms with Crippen molar-refractivity contribution in [1.82, 2.24) is 4.98 Å². The molecule has 0 spiro atoms. The Labute approximate surface area is 158 Å². The van der Waals surface area contributed by atoms with Crippen LogP contribution in [0.3, 0.4) is 0 Å². The summed E-state index contributed by atoms with van der Waals surface area (Å²) < 4.78 is 0. The monoisotopic (exact) mass is 349 g/mol. The highest BCUT2D eigenvalue weighted by molar-refractivity contribution is 6.17. The van der Waals surface area contributed by atoms with Crippen molar-refractivity contribution in [1.29, 1.82) is 0 Å². The topological polar surface area (TPSA) is 28.5 Å². The molecule has 3 nitrogen and oxygen atoms in total. The first-order valence-corrected chi connectivity index (χ1v) is 9.74. The zero-order valence-corrected chi connectivity index (χ0v) is 17.2. The molecule has 2 aromatic rings. The SMILES string of the molecule is CCC(C)c1ncc(C2=NC(C)(C)N(CC)c3c(C)cccc32)cc1C. The summed E-state index contributed by atoms with van der Waals surface area (Å²) in [6, 6.07) is 8.77. The molecule has 1 unspecified atom stereocenters. The summed E-state index contributed by atoms with van der Waals surface area (Å²) in [5.41, 5.74) is 8.17. The molecule has 0 aliphatic carbocycles. The molecule has 1 atom stereocenters. The first-order chi connectivity index (χ1) is 12.3. The summed E-state index contributed by atoms with van der Waals surface area (Å²) in [6.07, 6.45) is 3.12. The Bertz CT molecular complexity index is 849. The number of fused-ring (bicyclic) bond motifs is 1. The number of para-hydroxylation sites is 1. The lowest BCUT2D eigenvalue weighted by Gasteiger charge is -2.43. The highest BCUT2D eigenvalue weighted by atomic mass is 15.3. The van der Waals surface area contributed by atoms with Gasteiger partial charge in [0.15, 0.2) is 0 Å². The Kier molecular flexibility index (Phi) is 4.92. The van der Waals surface area contributed by atoms with Crippen LogP contribution in [0.1, 0.15) is 74.9 Å². The maximum atomic E-state index is 5.16. The summed E-state index contributed by atoms with van der Waals surface area (Å²) in [6.45, 7) is 16.3. The zero-order chi connectivity index (χ0) is 19.1. The minimum Gasteiger partial charge on any atom is -0.347 e. The Morgan fingerprint density at radius 2 is 1.85 bits per heavy atom. The van der Waals surface area contributed by atoms with Crippen LogP contribution in [0.4, 0.5) is 5.69 Å². The Hall–Kier alpha value is -2.16. The number of benzene rings is 1. The van der Waals surface area contributed by atoms with Crippen LogP contribution in [0.15, 0.2) is 35.5 Å². The summed E-state index contributed by atoms with van der Waals surface area (Å²) >= 11 is 0. The van der Waals surface area contributed by atoms with E-state index in [0.29, 0.717) is 5.92 Å². The van der Waals surface area contributed by atoms with Gasteiger partial charge in [-0.25, -0.2) is 0 Å². The van der Waals surface area contributed by atoms with Crippen molar-refractivity contribution in [3.05, 3.63) is 58.4 Å². The molecular formula is C23H31N3. The number of hydrogen-bond donors (Lipinski definition) is 0. The number of anilines is 1. The van der Waals surface area contributed by atoms with Gasteiger partial charge in [-0.15, -0.1) is 0 Å². The van der Waals surface area contributed by atoms with Crippen molar-refractivity contribution in [2.24, 2.45) is 4.99 Å². The van der Waals surface area contributed by atoms with Crippen molar-refractivity contribution in [3.8, 4) is 0 Å². The first-order valence-electron chi connectivity index (χ1n) is 9.74. The van der Waals surface area contributed by atoms with Crippen molar-refractivity contribution < 1.29 is 0 Å². The van der Waals surface area contributed by atoms with E-state index in [9.17, 15) is 0 Å². The summed E-state index contributed by atoms with van der Waals surface area (Å²) in [5.74, 6) is 0.485. The van der Waals surface area contributed by atoms with E-state index in [1.165, 1.54) is 28.1 Å². The molecule has 1 aromatic carbocycles. The maximum absolute atomic E-state index is 5.16. The predicted molar refractivity (Wildman–Crippen MR) is 112 cm³/mol. The quantitative estimate of drug-likeness (QED) is 0.716. The van der Waals surface area contributed by atoms with Gasteiger partial charge in [-0.2, -0.15) is 0 Å². The third kappa shape index (κ3) is 3.04. The van der Waals surface area contributed by atoms with Crippen molar-refractivity contribution >= 4 is 11.4 Å². The minimum absolute atomic E-state index is 0.271. The molecule has 0 saturated carbocycles. The van der Waals surface area contributed by atoms with Gasteiger partial charge in [-0.3, -0.25) is 9.98 Å². The Morgan fingerprint density at radius 1 is 1.12 bits per heavy atom. The van der Waals surface area contributed by atoms with Gasteiger partial charge in [0.1, 0.15) is 5.66 Å². The molecule has 0 N–H and O–H groups in total. The van der Waals surface area contributed by atoms with Crippen molar-refractivity contribution in [2.75, 3.05) is 11.4 Å². The summed E-state index contributed by atoms with van der Waals surface area (Å²) in [4.78, 5) is 12.4. The van der Waals surface area contributed by atoms with E-state index in [4.69, 9.17) is 9.98 Å². The van der Waals surface area contributed by atoms with Gasteiger partial charge in [-0.1, -0.05) is 32.0 Å². The number of pyridine rings is 1. The smallest absolute Gasteiger partial charge is 0.127 e. The highest BCUT2D eigenvalue weighted by Crippen LogP contribution is 2.38. The lowest BCUT2D eigenvalue weighted by Crippen LogP contribution is -2.47. The van der Waals surface area contributed by atoms with Gasteiger partial charge in [0.25, 0.3) is 0 Å². The van der Waals surface area contributed by atoms with Crippen LogP contribution in [0.5, 0.6) is 0 Å². The van der Waals surface area contributed by atoms with Crippen LogP contribution in [-0.4, -0.2) is 22.9 Å². The number of hydrogen-bond acceptors (Lipinski definition) is 3. The number of aryl methyl sites for hydroxylation is 2. The van der Waals surface area contributed by atoms with E-state index >= 15 is 0 Å². The lowest BCUT2D eigenvalue weighted by molar-refractivity contribution is 0.484. The second-order valence-electron chi connectivity index (χ2n) is 7.91. The fraction of sp³-hybridized carbons (Fsp3) is 0.478. The fourth-order valence-corrected chi connectivity index (χ4v) is 4.07. The number of aromatic nitrogens is 1. The molecule has 1 aliphatic rings. The molecule has 2 heterocycles. The zero-order valence-electron chi connectivity index (χ0n) is 17.2. The van der Waals surface area contributed by atoms with Crippen molar-refractivity contribution in [3.63, 3.8) is 0 Å². The van der Waals surface area contributed by atoms with Gasteiger partial charge >= 0.3 is 0 Å². The maximum Gasteiger partial charge on any atom is 0.127 e. The molecule has 0 bridgehead atoms.